The van der Waals surface area contributed by atoms with Crippen LogP contribution < -0.4 is 9.47 Å². The minimum absolute atomic E-state index is 0.00821. The average molecular weight is 392 g/mol. The summed E-state index contributed by atoms with van der Waals surface area (Å²) in [5.74, 6) is 1.43. The Morgan fingerprint density at radius 2 is 1.90 bits per heavy atom. The molecule has 1 saturated carbocycles. The molecule has 6 heteroatoms. The molecular weight excluding hydrogens is 368 g/mol. The summed E-state index contributed by atoms with van der Waals surface area (Å²) in [4.78, 5) is 18.3. The molecule has 1 aromatic heterocycles. The maximum atomic E-state index is 12.9. The summed E-state index contributed by atoms with van der Waals surface area (Å²) in [6.07, 6.45) is 1.80. The van der Waals surface area contributed by atoms with Gasteiger partial charge >= 0.3 is 6.09 Å². The molecule has 1 aliphatic carbocycles. The van der Waals surface area contributed by atoms with Gasteiger partial charge in [-0.3, -0.25) is 4.90 Å². The second-order valence-corrected chi connectivity index (χ2v) is 7.85. The number of amides is 1. The van der Waals surface area contributed by atoms with Gasteiger partial charge in [0.15, 0.2) is 0 Å². The van der Waals surface area contributed by atoms with E-state index in [0.29, 0.717) is 12.3 Å². The lowest BCUT2D eigenvalue weighted by Crippen LogP contribution is -2.45. The number of nitrogens with one attached hydrogen (secondary N) is 1. The lowest BCUT2D eigenvalue weighted by molar-refractivity contribution is 0.100. The molecule has 1 atom stereocenters. The number of carbonyl (C=O) groups is 1. The van der Waals surface area contributed by atoms with Gasteiger partial charge in [0.1, 0.15) is 17.5 Å². The molecule has 5 rings (SSSR count). The van der Waals surface area contributed by atoms with Crippen molar-refractivity contribution in [2.75, 3.05) is 27.9 Å². The second kappa shape index (κ2) is 6.44. The number of para-hydroxylation sites is 1. The van der Waals surface area contributed by atoms with Crippen molar-refractivity contribution >= 4 is 17.0 Å². The van der Waals surface area contributed by atoms with Gasteiger partial charge in [0.2, 0.25) is 0 Å². The van der Waals surface area contributed by atoms with E-state index in [-0.39, 0.29) is 17.6 Å². The van der Waals surface area contributed by atoms with E-state index in [1.54, 1.807) is 14.2 Å². The van der Waals surface area contributed by atoms with E-state index in [2.05, 4.69) is 23.2 Å². The van der Waals surface area contributed by atoms with E-state index in [4.69, 9.17) is 14.2 Å². The molecule has 2 heterocycles. The molecule has 2 aromatic carbocycles. The Labute approximate surface area is 169 Å². The van der Waals surface area contributed by atoms with E-state index in [0.717, 1.165) is 35.4 Å². The van der Waals surface area contributed by atoms with Crippen molar-refractivity contribution in [1.82, 2.24) is 9.88 Å². The van der Waals surface area contributed by atoms with Gasteiger partial charge in [-0.25, -0.2) is 4.79 Å². The van der Waals surface area contributed by atoms with Crippen molar-refractivity contribution in [2.45, 2.75) is 24.3 Å². The Hall–Kier alpha value is -3.15. The molecule has 1 aliphatic heterocycles. The van der Waals surface area contributed by atoms with Crippen molar-refractivity contribution in [2.24, 2.45) is 0 Å². The highest BCUT2D eigenvalue weighted by Gasteiger charge is 2.55. The lowest BCUT2D eigenvalue weighted by atomic mass is 9.83. The van der Waals surface area contributed by atoms with Gasteiger partial charge in [0.25, 0.3) is 0 Å². The van der Waals surface area contributed by atoms with Crippen LogP contribution in [-0.4, -0.2) is 43.9 Å². The van der Waals surface area contributed by atoms with Gasteiger partial charge in [-0.2, -0.15) is 0 Å². The largest absolute Gasteiger partial charge is 0.497 e. The molecule has 2 aliphatic rings. The molecule has 150 valence electrons. The van der Waals surface area contributed by atoms with Crippen molar-refractivity contribution in [3.05, 3.63) is 59.3 Å². The molecule has 1 fully saturated rings. The summed E-state index contributed by atoms with van der Waals surface area (Å²) < 4.78 is 16.3. The number of methoxy groups -OCH3 is 3. The standard InChI is InChI=1S/C23H24N2O4/c1-27-14-8-9-18(28-2)16(12-14)21-20-19(15-6-4-5-7-17(15)24-20)23(10-11-23)13-25(21)22(26)29-3/h4-9,12,21,24H,10-11,13H2,1-3H3. The van der Waals surface area contributed by atoms with E-state index >= 15 is 0 Å². The van der Waals surface area contributed by atoms with Gasteiger partial charge in [0, 0.05) is 34.1 Å². The summed E-state index contributed by atoms with van der Waals surface area (Å²) in [6, 6.07) is 13.7. The number of hydrogen-bond acceptors (Lipinski definition) is 4. The molecule has 1 N–H and O–H groups in total. The monoisotopic (exact) mass is 392 g/mol. The maximum absolute atomic E-state index is 12.9. The van der Waals surface area contributed by atoms with Crippen LogP contribution in [0.4, 0.5) is 4.79 Å². The number of benzene rings is 2. The number of H-pyrrole nitrogens is 1. The SMILES string of the molecule is COC(=O)N1CC2(CC2)c2c([nH]c3ccccc23)C1c1cc(OC)ccc1OC. The van der Waals surface area contributed by atoms with Crippen LogP contribution in [0.15, 0.2) is 42.5 Å². The second-order valence-electron chi connectivity index (χ2n) is 7.85. The highest BCUT2D eigenvalue weighted by molar-refractivity contribution is 5.88. The van der Waals surface area contributed by atoms with Gasteiger partial charge in [0.05, 0.1) is 21.3 Å². The molecule has 1 amide bonds. The van der Waals surface area contributed by atoms with Crippen LogP contribution in [0, 0.1) is 0 Å². The fourth-order valence-corrected chi connectivity index (χ4v) is 4.81. The van der Waals surface area contributed by atoms with Crippen molar-refractivity contribution < 1.29 is 19.0 Å². The van der Waals surface area contributed by atoms with Crippen molar-refractivity contribution in [3.8, 4) is 11.5 Å². The van der Waals surface area contributed by atoms with E-state index in [1.807, 2.05) is 29.2 Å². The number of hydrogen-bond donors (Lipinski definition) is 1. The first-order valence-corrected chi connectivity index (χ1v) is 9.79. The highest BCUT2D eigenvalue weighted by atomic mass is 16.5. The first-order valence-electron chi connectivity index (χ1n) is 9.79. The van der Waals surface area contributed by atoms with Gasteiger partial charge in [-0.1, -0.05) is 18.2 Å². The van der Waals surface area contributed by atoms with E-state index < -0.39 is 0 Å². The molecule has 1 unspecified atom stereocenters. The molecule has 1 spiro atoms. The lowest BCUT2D eigenvalue weighted by Gasteiger charge is -2.40. The van der Waals surface area contributed by atoms with Gasteiger partial charge in [-0.15, -0.1) is 0 Å². The predicted molar refractivity (Wildman–Crippen MR) is 110 cm³/mol. The molecular formula is C23H24N2O4. The predicted octanol–water partition coefficient (Wildman–Crippen LogP) is 4.39. The van der Waals surface area contributed by atoms with Crippen LogP contribution in [0.25, 0.3) is 10.9 Å². The minimum Gasteiger partial charge on any atom is -0.497 e. The first-order chi connectivity index (χ1) is 14.1. The van der Waals surface area contributed by atoms with Crippen LogP contribution in [0.1, 0.15) is 35.7 Å². The Kier molecular flexibility index (Phi) is 3.98. The fourth-order valence-electron chi connectivity index (χ4n) is 4.81. The van der Waals surface area contributed by atoms with Crippen molar-refractivity contribution in [3.63, 3.8) is 0 Å². The van der Waals surface area contributed by atoms with Gasteiger partial charge in [-0.05, 0) is 42.7 Å². The summed E-state index contributed by atoms with van der Waals surface area (Å²) in [5, 5.41) is 1.23. The average Bonchev–Trinajstić information content (AvgIpc) is 3.41. The van der Waals surface area contributed by atoms with Crippen LogP contribution >= 0.6 is 0 Å². The molecule has 6 nitrogen and oxygen atoms in total. The Balaban J connectivity index is 1.79. The van der Waals surface area contributed by atoms with E-state index in [9.17, 15) is 4.79 Å². The molecule has 0 saturated heterocycles. The van der Waals surface area contributed by atoms with Crippen LogP contribution in [0.2, 0.25) is 0 Å². The first kappa shape index (κ1) is 17.9. The fraction of sp³-hybridized carbons (Fsp3) is 0.348. The molecule has 0 radical (unpaired) electrons. The Morgan fingerprint density at radius 3 is 2.59 bits per heavy atom. The van der Waals surface area contributed by atoms with Crippen LogP contribution in [0.3, 0.4) is 0 Å². The van der Waals surface area contributed by atoms with E-state index in [1.165, 1.54) is 18.1 Å². The minimum atomic E-state index is -0.346. The number of ether oxygens (including phenoxy) is 3. The smallest absolute Gasteiger partial charge is 0.410 e. The number of fused-ring (bicyclic) bond motifs is 4. The Bertz CT molecular complexity index is 1100. The normalized spacial score (nSPS) is 19.1. The summed E-state index contributed by atoms with van der Waals surface area (Å²) >= 11 is 0. The topological polar surface area (TPSA) is 63.8 Å². The molecule has 0 bridgehead atoms. The number of carbonyl (C=O) groups excluding carboxylic acids is 1. The number of aromatic amines is 1. The summed E-state index contributed by atoms with van der Waals surface area (Å²) in [6.45, 7) is 0.625. The van der Waals surface area contributed by atoms with Crippen LogP contribution in [-0.2, 0) is 10.2 Å². The molecule has 29 heavy (non-hydrogen) atoms. The quantitative estimate of drug-likeness (QED) is 0.718. The molecule has 3 aromatic rings. The van der Waals surface area contributed by atoms with Crippen molar-refractivity contribution in [1.29, 1.82) is 0 Å². The third-order valence-electron chi connectivity index (χ3n) is 6.32. The zero-order chi connectivity index (χ0) is 20.2. The summed E-state index contributed by atoms with van der Waals surface area (Å²) in [5.41, 5.74) is 4.31. The highest BCUT2D eigenvalue weighted by Crippen LogP contribution is 2.58. The third-order valence-corrected chi connectivity index (χ3v) is 6.32. The number of nitrogens with zero attached hydrogens (tertiary/aromatic N) is 1. The zero-order valence-electron chi connectivity index (χ0n) is 16.8. The zero-order valence-corrected chi connectivity index (χ0v) is 16.8. The van der Waals surface area contributed by atoms with Crippen LogP contribution in [0.5, 0.6) is 11.5 Å². The third kappa shape index (κ3) is 2.58. The number of aromatic nitrogens is 1. The maximum Gasteiger partial charge on any atom is 0.410 e. The number of rotatable bonds is 3. The van der Waals surface area contributed by atoms with Gasteiger partial charge < -0.3 is 19.2 Å². The summed E-state index contributed by atoms with van der Waals surface area (Å²) in [7, 11) is 4.71. The Morgan fingerprint density at radius 1 is 1.10 bits per heavy atom.